The largest absolute Gasteiger partial charge is 0.481 e. The zero-order valence-electron chi connectivity index (χ0n) is 12.2. The maximum atomic E-state index is 12.3. The first-order valence-corrected chi connectivity index (χ1v) is 8.46. The molecular weight excluding hydrogens is 286 g/mol. The second kappa shape index (κ2) is 6.98. The number of nitrogens with one attached hydrogen (secondary N) is 1. The third kappa shape index (κ3) is 3.59. The molecule has 1 aromatic rings. The molecule has 0 unspecified atom stereocenters. The number of amides is 1. The molecule has 4 nitrogen and oxygen atoms in total. The summed E-state index contributed by atoms with van der Waals surface area (Å²) < 4.78 is 0. The van der Waals surface area contributed by atoms with Crippen LogP contribution in [0, 0.1) is 5.41 Å². The Morgan fingerprint density at radius 2 is 1.90 bits per heavy atom. The lowest BCUT2D eigenvalue weighted by atomic mass is 9.74. The molecule has 0 atom stereocenters. The number of rotatable bonds is 5. The van der Waals surface area contributed by atoms with Crippen LogP contribution in [0.3, 0.4) is 0 Å². The van der Waals surface area contributed by atoms with E-state index < -0.39 is 11.4 Å². The van der Waals surface area contributed by atoms with Gasteiger partial charge in [0.1, 0.15) is 0 Å². The number of carboxylic acid groups (broad SMARTS) is 1. The van der Waals surface area contributed by atoms with Gasteiger partial charge in [0.25, 0.3) is 5.91 Å². The molecule has 0 radical (unpaired) electrons. The number of thioether (sulfide) groups is 1. The Balaban J connectivity index is 2.07. The van der Waals surface area contributed by atoms with Gasteiger partial charge in [0, 0.05) is 11.4 Å². The zero-order valence-corrected chi connectivity index (χ0v) is 13.0. The van der Waals surface area contributed by atoms with Crippen LogP contribution in [-0.2, 0) is 4.79 Å². The summed E-state index contributed by atoms with van der Waals surface area (Å²) in [6, 6.07) is 7.38. The monoisotopic (exact) mass is 307 g/mol. The summed E-state index contributed by atoms with van der Waals surface area (Å²) in [7, 11) is 0. The van der Waals surface area contributed by atoms with Gasteiger partial charge < -0.3 is 10.4 Å². The van der Waals surface area contributed by atoms with Crippen molar-refractivity contribution in [3.05, 3.63) is 29.8 Å². The van der Waals surface area contributed by atoms with E-state index in [0.717, 1.165) is 24.2 Å². The number of carbonyl (C=O) groups excluding carboxylic acids is 1. The molecule has 1 aliphatic rings. The van der Waals surface area contributed by atoms with Crippen LogP contribution in [0.15, 0.2) is 29.2 Å². The summed E-state index contributed by atoms with van der Waals surface area (Å²) in [5, 5.41) is 12.4. The van der Waals surface area contributed by atoms with Crippen LogP contribution in [-0.4, -0.2) is 29.8 Å². The van der Waals surface area contributed by atoms with E-state index in [1.54, 1.807) is 6.07 Å². The summed E-state index contributed by atoms with van der Waals surface area (Å²) in [5.74, 6) is -0.980. The lowest BCUT2D eigenvalue weighted by Crippen LogP contribution is -2.44. The molecule has 1 saturated carbocycles. The minimum absolute atomic E-state index is 0.189. The minimum atomic E-state index is -0.791. The van der Waals surface area contributed by atoms with Crippen molar-refractivity contribution in [2.75, 3.05) is 12.8 Å². The first-order chi connectivity index (χ1) is 10.1. The van der Waals surface area contributed by atoms with Crippen LogP contribution in [0.2, 0.25) is 0 Å². The Labute approximate surface area is 129 Å². The van der Waals surface area contributed by atoms with E-state index in [2.05, 4.69) is 5.32 Å². The van der Waals surface area contributed by atoms with Crippen LogP contribution in [0.1, 0.15) is 42.5 Å². The Kier molecular flexibility index (Phi) is 5.28. The molecule has 0 aliphatic heterocycles. The molecule has 0 saturated heterocycles. The zero-order chi connectivity index (χ0) is 15.3. The van der Waals surface area contributed by atoms with E-state index in [1.165, 1.54) is 11.8 Å². The Hall–Kier alpha value is -1.49. The average molecular weight is 307 g/mol. The van der Waals surface area contributed by atoms with Crippen LogP contribution in [0.25, 0.3) is 0 Å². The molecule has 5 heteroatoms. The molecule has 1 aliphatic carbocycles. The molecule has 0 spiro atoms. The van der Waals surface area contributed by atoms with E-state index in [9.17, 15) is 14.7 Å². The predicted octanol–water partition coefficient (Wildman–Crippen LogP) is 3.17. The normalized spacial score (nSPS) is 17.2. The van der Waals surface area contributed by atoms with Gasteiger partial charge in [-0.1, -0.05) is 31.4 Å². The highest BCUT2D eigenvalue weighted by molar-refractivity contribution is 7.98. The van der Waals surface area contributed by atoms with Crippen molar-refractivity contribution in [2.45, 2.75) is 37.0 Å². The summed E-state index contributed by atoms with van der Waals surface area (Å²) in [6.45, 7) is 0.212. The predicted molar refractivity (Wildman–Crippen MR) is 83.7 cm³/mol. The summed E-state index contributed by atoms with van der Waals surface area (Å²) in [5.41, 5.74) is -0.177. The van der Waals surface area contributed by atoms with Gasteiger partial charge in [0.05, 0.1) is 11.0 Å². The summed E-state index contributed by atoms with van der Waals surface area (Å²) in [4.78, 5) is 24.8. The summed E-state index contributed by atoms with van der Waals surface area (Å²) in [6.07, 6.45) is 6.14. The van der Waals surface area contributed by atoms with Gasteiger partial charge in [-0.2, -0.15) is 0 Å². The Morgan fingerprint density at radius 1 is 1.24 bits per heavy atom. The van der Waals surface area contributed by atoms with Gasteiger partial charge in [-0.25, -0.2) is 0 Å². The lowest BCUT2D eigenvalue weighted by Gasteiger charge is -2.33. The fourth-order valence-electron chi connectivity index (χ4n) is 2.87. The average Bonchev–Trinajstić information content (AvgIpc) is 2.53. The highest BCUT2D eigenvalue weighted by Gasteiger charge is 2.39. The maximum Gasteiger partial charge on any atom is 0.311 e. The number of carboxylic acids is 1. The molecule has 1 amide bonds. The Bertz CT molecular complexity index is 524. The molecular formula is C16H21NO3S. The van der Waals surface area contributed by atoms with E-state index in [0.29, 0.717) is 18.4 Å². The fraction of sp³-hybridized carbons (Fsp3) is 0.500. The number of benzene rings is 1. The molecule has 21 heavy (non-hydrogen) atoms. The second-order valence-electron chi connectivity index (χ2n) is 5.53. The van der Waals surface area contributed by atoms with Crippen molar-refractivity contribution in [1.82, 2.24) is 5.32 Å². The molecule has 0 heterocycles. The van der Waals surface area contributed by atoms with Crippen molar-refractivity contribution in [1.29, 1.82) is 0 Å². The number of aliphatic carboxylic acids is 1. The van der Waals surface area contributed by atoms with Crippen LogP contribution >= 0.6 is 11.8 Å². The molecule has 2 N–H and O–H groups in total. The van der Waals surface area contributed by atoms with Gasteiger partial charge in [-0.05, 0) is 31.2 Å². The number of hydrogen-bond donors (Lipinski definition) is 2. The van der Waals surface area contributed by atoms with E-state index in [4.69, 9.17) is 0 Å². The van der Waals surface area contributed by atoms with Gasteiger partial charge in [0.15, 0.2) is 0 Å². The highest BCUT2D eigenvalue weighted by atomic mass is 32.2. The third-order valence-corrected chi connectivity index (χ3v) is 5.00. The highest BCUT2D eigenvalue weighted by Crippen LogP contribution is 2.36. The van der Waals surface area contributed by atoms with Crippen LogP contribution in [0.4, 0.5) is 0 Å². The van der Waals surface area contributed by atoms with E-state index in [1.807, 2.05) is 24.5 Å². The Morgan fingerprint density at radius 3 is 2.52 bits per heavy atom. The SMILES string of the molecule is CSc1ccccc1C(=O)NCC1(C(=O)O)CCCCC1. The molecule has 2 rings (SSSR count). The topological polar surface area (TPSA) is 66.4 Å². The van der Waals surface area contributed by atoms with E-state index in [-0.39, 0.29) is 12.5 Å². The minimum Gasteiger partial charge on any atom is -0.481 e. The van der Waals surface area contributed by atoms with Crippen LogP contribution in [0.5, 0.6) is 0 Å². The standard InChI is InChI=1S/C16H21NO3S/c1-21-13-8-4-3-7-12(13)14(18)17-11-16(15(19)20)9-5-2-6-10-16/h3-4,7-8H,2,5-6,9-11H2,1H3,(H,17,18)(H,19,20). The van der Waals surface area contributed by atoms with Crippen molar-refractivity contribution in [3.63, 3.8) is 0 Å². The molecule has 0 bridgehead atoms. The molecule has 114 valence electrons. The number of hydrogen-bond acceptors (Lipinski definition) is 3. The fourth-order valence-corrected chi connectivity index (χ4v) is 3.47. The van der Waals surface area contributed by atoms with Crippen LogP contribution < -0.4 is 5.32 Å². The van der Waals surface area contributed by atoms with Crippen molar-refractivity contribution in [3.8, 4) is 0 Å². The first kappa shape index (κ1) is 15.9. The lowest BCUT2D eigenvalue weighted by molar-refractivity contribution is -0.150. The van der Waals surface area contributed by atoms with Crippen molar-refractivity contribution >= 4 is 23.6 Å². The van der Waals surface area contributed by atoms with Gasteiger partial charge in [-0.15, -0.1) is 11.8 Å². The van der Waals surface area contributed by atoms with Gasteiger partial charge in [-0.3, -0.25) is 9.59 Å². The smallest absolute Gasteiger partial charge is 0.311 e. The van der Waals surface area contributed by atoms with Crippen molar-refractivity contribution < 1.29 is 14.7 Å². The third-order valence-electron chi connectivity index (χ3n) is 4.20. The first-order valence-electron chi connectivity index (χ1n) is 7.24. The van der Waals surface area contributed by atoms with E-state index >= 15 is 0 Å². The van der Waals surface area contributed by atoms with Crippen molar-refractivity contribution in [2.24, 2.45) is 5.41 Å². The summed E-state index contributed by atoms with van der Waals surface area (Å²) >= 11 is 1.51. The van der Waals surface area contributed by atoms with Gasteiger partial charge in [0.2, 0.25) is 0 Å². The molecule has 0 aromatic heterocycles. The quantitative estimate of drug-likeness (QED) is 0.820. The molecule has 1 aromatic carbocycles. The molecule has 1 fully saturated rings. The number of carbonyl (C=O) groups is 2. The van der Waals surface area contributed by atoms with Gasteiger partial charge >= 0.3 is 5.97 Å². The second-order valence-corrected chi connectivity index (χ2v) is 6.38. The maximum absolute atomic E-state index is 12.3.